The van der Waals surface area contributed by atoms with Crippen LogP contribution in [0.15, 0.2) is 29.3 Å². The van der Waals surface area contributed by atoms with Gasteiger partial charge in [-0.2, -0.15) is 0 Å². The van der Waals surface area contributed by atoms with Gasteiger partial charge < -0.3 is 10.6 Å². The molecule has 4 heteroatoms. The lowest BCUT2D eigenvalue weighted by atomic mass is 10.0. The van der Waals surface area contributed by atoms with Gasteiger partial charge in [0.25, 0.3) is 0 Å². The lowest BCUT2D eigenvalue weighted by Crippen LogP contribution is -2.43. The van der Waals surface area contributed by atoms with Gasteiger partial charge in [-0.3, -0.25) is 4.99 Å². The molecule has 1 aliphatic heterocycles. The van der Waals surface area contributed by atoms with Gasteiger partial charge in [-0.1, -0.05) is 49.4 Å². The van der Waals surface area contributed by atoms with Crippen molar-refractivity contribution < 1.29 is 0 Å². The van der Waals surface area contributed by atoms with Crippen LogP contribution in [0, 0.1) is 0 Å². The Kier molecular flexibility index (Phi) is 4.16. The largest absolute Gasteiger partial charge is 0.370 e. The number of halogens is 1. The maximum absolute atomic E-state index is 6.17. The first-order valence-electron chi connectivity index (χ1n) is 7.59. The van der Waals surface area contributed by atoms with Crippen LogP contribution in [0.4, 0.5) is 0 Å². The summed E-state index contributed by atoms with van der Waals surface area (Å²) in [7, 11) is 0. The fourth-order valence-corrected chi connectivity index (χ4v) is 3.56. The van der Waals surface area contributed by atoms with E-state index >= 15 is 0 Å². The number of guanidine groups is 1. The summed E-state index contributed by atoms with van der Waals surface area (Å²) >= 11 is 5.99. The second-order valence-corrected chi connectivity index (χ2v) is 6.26. The summed E-state index contributed by atoms with van der Waals surface area (Å²) in [6.07, 6.45) is 7.80. The molecule has 0 saturated heterocycles. The van der Waals surface area contributed by atoms with Crippen molar-refractivity contribution in [3.05, 3.63) is 34.9 Å². The summed E-state index contributed by atoms with van der Waals surface area (Å²) in [5.41, 5.74) is 7.43. The molecule has 0 spiro atoms. The molecule has 20 heavy (non-hydrogen) atoms. The summed E-state index contributed by atoms with van der Waals surface area (Å²) in [5.74, 6) is 0.719. The maximum Gasteiger partial charge on any atom is 0.192 e. The number of nitrogens with zero attached hydrogens (tertiary/aromatic N) is 2. The average Bonchev–Trinajstić information content (AvgIpc) is 2.67. The van der Waals surface area contributed by atoms with Crippen LogP contribution >= 0.6 is 11.6 Å². The second kappa shape index (κ2) is 6.04. The Labute approximate surface area is 125 Å². The standard InChI is InChI=1S/C16H22ClN3/c17-13-9-7-12(8-10-13)15-11-19-16(18)20(15)14-5-3-1-2-4-6-14/h7-10,14-15H,1-6,11H2,(H2,18,19). The predicted molar refractivity (Wildman–Crippen MR) is 84.0 cm³/mol. The van der Waals surface area contributed by atoms with Gasteiger partial charge in [0.1, 0.15) is 0 Å². The van der Waals surface area contributed by atoms with Crippen molar-refractivity contribution in [3.63, 3.8) is 0 Å². The molecule has 0 aromatic heterocycles. The quantitative estimate of drug-likeness (QED) is 0.844. The molecule has 1 aliphatic carbocycles. The molecule has 1 heterocycles. The SMILES string of the molecule is NC1=NCC(c2ccc(Cl)cc2)N1C1CCCCCC1. The Morgan fingerprint density at radius 3 is 2.35 bits per heavy atom. The zero-order valence-corrected chi connectivity index (χ0v) is 12.5. The van der Waals surface area contributed by atoms with Crippen molar-refractivity contribution in [1.82, 2.24) is 4.90 Å². The van der Waals surface area contributed by atoms with Gasteiger partial charge in [-0.05, 0) is 30.5 Å². The number of rotatable bonds is 2. The van der Waals surface area contributed by atoms with E-state index in [0.29, 0.717) is 6.04 Å². The second-order valence-electron chi connectivity index (χ2n) is 5.82. The van der Waals surface area contributed by atoms with Gasteiger partial charge >= 0.3 is 0 Å². The van der Waals surface area contributed by atoms with Gasteiger partial charge in [0.2, 0.25) is 0 Å². The Balaban J connectivity index is 1.81. The molecule has 0 amide bonds. The molecule has 3 nitrogen and oxygen atoms in total. The third kappa shape index (κ3) is 2.78. The predicted octanol–water partition coefficient (Wildman–Crippen LogP) is 3.73. The number of hydrogen-bond donors (Lipinski definition) is 1. The zero-order chi connectivity index (χ0) is 13.9. The van der Waals surface area contributed by atoms with Gasteiger partial charge in [-0.15, -0.1) is 0 Å². The van der Waals surface area contributed by atoms with Crippen LogP contribution in [0.1, 0.15) is 50.1 Å². The summed E-state index contributed by atoms with van der Waals surface area (Å²) in [5, 5.41) is 0.779. The van der Waals surface area contributed by atoms with E-state index in [0.717, 1.165) is 17.5 Å². The Morgan fingerprint density at radius 1 is 1.05 bits per heavy atom. The maximum atomic E-state index is 6.17. The van der Waals surface area contributed by atoms with E-state index in [1.54, 1.807) is 0 Å². The Hall–Kier alpha value is -1.22. The lowest BCUT2D eigenvalue weighted by Gasteiger charge is -2.34. The molecular weight excluding hydrogens is 270 g/mol. The van der Waals surface area contributed by atoms with E-state index in [4.69, 9.17) is 17.3 Å². The summed E-state index contributed by atoms with van der Waals surface area (Å²) in [6.45, 7) is 0.768. The third-order valence-corrected chi connectivity index (χ3v) is 4.75. The van der Waals surface area contributed by atoms with Crippen molar-refractivity contribution in [2.45, 2.75) is 50.6 Å². The molecular formula is C16H22ClN3. The first-order chi connectivity index (χ1) is 9.75. The molecule has 1 unspecified atom stereocenters. The Bertz CT molecular complexity index is 475. The number of benzene rings is 1. The number of aliphatic imine (C=N–C) groups is 1. The normalized spacial score (nSPS) is 24.6. The Morgan fingerprint density at radius 2 is 1.70 bits per heavy atom. The topological polar surface area (TPSA) is 41.6 Å². The minimum Gasteiger partial charge on any atom is -0.370 e. The first-order valence-corrected chi connectivity index (χ1v) is 7.97. The molecule has 2 N–H and O–H groups in total. The fourth-order valence-electron chi connectivity index (χ4n) is 3.44. The lowest BCUT2D eigenvalue weighted by molar-refractivity contribution is 0.237. The van der Waals surface area contributed by atoms with Crippen LogP contribution in [0.2, 0.25) is 5.02 Å². The van der Waals surface area contributed by atoms with Crippen LogP contribution < -0.4 is 5.73 Å². The summed E-state index contributed by atoms with van der Waals surface area (Å²) < 4.78 is 0. The van der Waals surface area contributed by atoms with E-state index in [-0.39, 0.29) is 6.04 Å². The zero-order valence-electron chi connectivity index (χ0n) is 11.8. The van der Waals surface area contributed by atoms with Crippen LogP contribution in [0.25, 0.3) is 0 Å². The molecule has 1 aromatic carbocycles. The molecule has 1 fully saturated rings. The molecule has 1 atom stereocenters. The summed E-state index contributed by atoms with van der Waals surface area (Å²) in [6, 6.07) is 8.95. The van der Waals surface area contributed by atoms with Crippen LogP contribution in [-0.4, -0.2) is 23.4 Å². The highest BCUT2D eigenvalue weighted by Crippen LogP contribution is 2.33. The van der Waals surface area contributed by atoms with Gasteiger partial charge in [-0.25, -0.2) is 0 Å². The van der Waals surface area contributed by atoms with Crippen molar-refractivity contribution >= 4 is 17.6 Å². The van der Waals surface area contributed by atoms with Crippen LogP contribution in [0.3, 0.4) is 0 Å². The van der Waals surface area contributed by atoms with E-state index < -0.39 is 0 Å². The third-order valence-electron chi connectivity index (χ3n) is 4.50. The van der Waals surface area contributed by atoms with Crippen LogP contribution in [-0.2, 0) is 0 Å². The summed E-state index contributed by atoms with van der Waals surface area (Å²) in [4.78, 5) is 6.85. The number of nitrogens with two attached hydrogens (primary N) is 1. The van der Waals surface area contributed by atoms with Crippen molar-refractivity contribution in [2.24, 2.45) is 10.7 Å². The molecule has 1 aromatic rings. The minimum atomic E-state index is 0.287. The van der Waals surface area contributed by atoms with Gasteiger partial charge in [0.15, 0.2) is 5.96 Å². The number of hydrogen-bond acceptors (Lipinski definition) is 3. The average molecular weight is 292 g/mol. The highest BCUT2D eigenvalue weighted by Gasteiger charge is 2.33. The van der Waals surface area contributed by atoms with Gasteiger partial charge in [0.05, 0.1) is 12.6 Å². The first kappa shape index (κ1) is 13.7. The minimum absolute atomic E-state index is 0.287. The molecule has 2 aliphatic rings. The highest BCUT2D eigenvalue weighted by molar-refractivity contribution is 6.30. The highest BCUT2D eigenvalue weighted by atomic mass is 35.5. The van der Waals surface area contributed by atoms with Gasteiger partial charge in [0, 0.05) is 11.1 Å². The van der Waals surface area contributed by atoms with Crippen molar-refractivity contribution in [3.8, 4) is 0 Å². The molecule has 108 valence electrons. The smallest absolute Gasteiger partial charge is 0.192 e. The monoisotopic (exact) mass is 291 g/mol. The van der Waals surface area contributed by atoms with E-state index in [9.17, 15) is 0 Å². The molecule has 0 bridgehead atoms. The van der Waals surface area contributed by atoms with E-state index in [2.05, 4.69) is 22.0 Å². The van der Waals surface area contributed by atoms with E-state index in [1.807, 2.05) is 12.1 Å². The van der Waals surface area contributed by atoms with Crippen molar-refractivity contribution in [2.75, 3.05) is 6.54 Å². The van der Waals surface area contributed by atoms with Crippen molar-refractivity contribution in [1.29, 1.82) is 0 Å². The molecule has 0 radical (unpaired) electrons. The van der Waals surface area contributed by atoms with Crippen LogP contribution in [0.5, 0.6) is 0 Å². The van der Waals surface area contributed by atoms with E-state index in [1.165, 1.54) is 44.1 Å². The molecule has 3 rings (SSSR count). The molecule has 1 saturated carbocycles. The fraction of sp³-hybridized carbons (Fsp3) is 0.562.